The van der Waals surface area contributed by atoms with Gasteiger partial charge >= 0.3 is 29.6 Å². The standard InChI is InChI=1S/C16H12ClN3O3S.Na/c17-10-4-3-5-11(8-10)19-20-14-9-15(24(21,22)23)12-6-1-2-7-13(12)16(14)18;/h1-9H,18H2,(H,21,22,23);/q;+1/p-1. The Hall–Kier alpha value is -1.48. The first-order valence-corrected chi connectivity index (χ1v) is 8.59. The van der Waals surface area contributed by atoms with Crippen molar-refractivity contribution in [2.45, 2.75) is 4.90 Å². The van der Waals surface area contributed by atoms with Crippen LogP contribution < -0.4 is 35.3 Å². The van der Waals surface area contributed by atoms with E-state index in [1.807, 2.05) is 0 Å². The fraction of sp³-hybridized carbons (Fsp3) is 0. The average Bonchev–Trinajstić information content (AvgIpc) is 2.53. The third kappa shape index (κ3) is 4.38. The molecule has 6 nitrogen and oxygen atoms in total. The van der Waals surface area contributed by atoms with Crippen molar-refractivity contribution >= 4 is 49.6 Å². The molecule has 0 atom stereocenters. The number of hydrogen-bond donors (Lipinski definition) is 1. The van der Waals surface area contributed by atoms with E-state index in [9.17, 15) is 13.0 Å². The van der Waals surface area contributed by atoms with Gasteiger partial charge in [0.25, 0.3) is 0 Å². The monoisotopic (exact) mass is 383 g/mol. The summed E-state index contributed by atoms with van der Waals surface area (Å²) < 4.78 is 34.6. The van der Waals surface area contributed by atoms with Crippen LogP contribution in [0.5, 0.6) is 0 Å². The molecule has 0 aliphatic heterocycles. The van der Waals surface area contributed by atoms with Crippen LogP contribution in [0.2, 0.25) is 5.02 Å². The molecule has 3 aromatic carbocycles. The van der Waals surface area contributed by atoms with Crippen LogP contribution in [0.15, 0.2) is 69.7 Å². The van der Waals surface area contributed by atoms with E-state index in [-0.39, 0.29) is 51.2 Å². The quantitative estimate of drug-likeness (QED) is 0.319. The van der Waals surface area contributed by atoms with E-state index in [0.29, 0.717) is 16.1 Å². The Balaban J connectivity index is 0.00000225. The van der Waals surface area contributed by atoms with Crippen LogP contribution in [0, 0.1) is 0 Å². The molecule has 9 heteroatoms. The van der Waals surface area contributed by atoms with Crippen molar-refractivity contribution < 1.29 is 42.5 Å². The number of benzene rings is 3. The number of rotatable bonds is 3. The van der Waals surface area contributed by atoms with Gasteiger partial charge in [0.15, 0.2) is 0 Å². The summed E-state index contributed by atoms with van der Waals surface area (Å²) in [6.07, 6.45) is 0. The van der Waals surface area contributed by atoms with E-state index in [0.717, 1.165) is 6.07 Å². The molecule has 0 saturated carbocycles. The molecule has 0 unspecified atom stereocenters. The zero-order valence-electron chi connectivity index (χ0n) is 13.2. The third-order valence-electron chi connectivity index (χ3n) is 3.38. The zero-order chi connectivity index (χ0) is 17.3. The van der Waals surface area contributed by atoms with E-state index in [1.165, 1.54) is 6.07 Å². The van der Waals surface area contributed by atoms with Gasteiger partial charge in [-0.15, -0.1) is 5.11 Å². The molecule has 0 spiro atoms. The predicted molar refractivity (Wildman–Crippen MR) is 92.0 cm³/mol. The molecule has 3 aromatic rings. The molecule has 0 aliphatic rings. The van der Waals surface area contributed by atoms with Gasteiger partial charge in [0, 0.05) is 15.8 Å². The van der Waals surface area contributed by atoms with Crippen LogP contribution in [0.3, 0.4) is 0 Å². The van der Waals surface area contributed by atoms with Crippen molar-refractivity contribution in [2.24, 2.45) is 10.2 Å². The molecule has 0 radical (unpaired) electrons. The summed E-state index contributed by atoms with van der Waals surface area (Å²) in [7, 11) is -4.69. The fourth-order valence-electron chi connectivity index (χ4n) is 2.29. The maximum absolute atomic E-state index is 11.5. The average molecular weight is 384 g/mol. The third-order valence-corrected chi connectivity index (χ3v) is 4.49. The van der Waals surface area contributed by atoms with Crippen LogP contribution in [0.1, 0.15) is 0 Å². The summed E-state index contributed by atoms with van der Waals surface area (Å²) in [5, 5.41) is 9.14. The molecule has 3 rings (SSSR count). The molecular weight excluding hydrogens is 373 g/mol. The van der Waals surface area contributed by atoms with Crippen LogP contribution in [-0.4, -0.2) is 13.0 Å². The molecule has 0 aliphatic carbocycles. The van der Waals surface area contributed by atoms with Gasteiger partial charge in [-0.2, -0.15) is 5.11 Å². The normalized spacial score (nSPS) is 11.6. The molecule has 0 amide bonds. The Morgan fingerprint density at radius 3 is 2.28 bits per heavy atom. The fourth-order valence-corrected chi connectivity index (χ4v) is 3.18. The smallest absolute Gasteiger partial charge is 0.744 e. The molecule has 0 fully saturated rings. The molecule has 0 aromatic heterocycles. The predicted octanol–water partition coefficient (Wildman–Crippen LogP) is 1.40. The molecular formula is C16H11ClN3NaO3S. The topological polar surface area (TPSA) is 108 Å². The number of nitrogens with zero attached hydrogens (tertiary/aromatic N) is 2. The minimum atomic E-state index is -4.69. The van der Waals surface area contributed by atoms with Gasteiger partial charge in [-0.3, -0.25) is 0 Å². The Labute approximate surface area is 171 Å². The maximum atomic E-state index is 11.5. The number of nitrogens with two attached hydrogens (primary N) is 1. The number of azo groups is 1. The summed E-state index contributed by atoms with van der Waals surface area (Å²) in [5.41, 5.74) is 6.86. The molecule has 0 heterocycles. The van der Waals surface area contributed by atoms with E-state index >= 15 is 0 Å². The second kappa shape index (κ2) is 7.82. The number of halogens is 1. The van der Waals surface area contributed by atoms with Crippen LogP contribution in [0.25, 0.3) is 10.8 Å². The summed E-state index contributed by atoms with van der Waals surface area (Å²) in [5.74, 6) is 0. The van der Waals surface area contributed by atoms with Gasteiger partial charge < -0.3 is 10.3 Å². The molecule has 0 bridgehead atoms. The van der Waals surface area contributed by atoms with Crippen molar-refractivity contribution in [3.05, 3.63) is 59.6 Å². The molecule has 122 valence electrons. The van der Waals surface area contributed by atoms with E-state index in [2.05, 4.69) is 10.2 Å². The summed E-state index contributed by atoms with van der Waals surface area (Å²) in [4.78, 5) is -0.382. The second-order valence-electron chi connectivity index (χ2n) is 4.99. The maximum Gasteiger partial charge on any atom is 1.00 e. The van der Waals surface area contributed by atoms with Gasteiger partial charge in [-0.1, -0.05) is 41.9 Å². The number of anilines is 1. The number of hydrogen-bond acceptors (Lipinski definition) is 6. The SMILES string of the molecule is Nc1c(N=Nc2cccc(Cl)c2)cc(S(=O)(=O)[O-])c2ccccc12.[Na+]. The Kier molecular flexibility index (Phi) is 6.21. The summed E-state index contributed by atoms with van der Waals surface area (Å²) in [6.45, 7) is 0. The van der Waals surface area contributed by atoms with Crippen molar-refractivity contribution in [1.82, 2.24) is 0 Å². The first-order chi connectivity index (χ1) is 11.4. The van der Waals surface area contributed by atoms with E-state index < -0.39 is 10.1 Å². The van der Waals surface area contributed by atoms with Gasteiger partial charge in [0.1, 0.15) is 15.8 Å². The first kappa shape index (κ1) is 19.8. The van der Waals surface area contributed by atoms with Crippen molar-refractivity contribution in [3.8, 4) is 0 Å². The first-order valence-electron chi connectivity index (χ1n) is 6.81. The minimum Gasteiger partial charge on any atom is -0.744 e. The van der Waals surface area contributed by atoms with Crippen LogP contribution in [-0.2, 0) is 10.1 Å². The van der Waals surface area contributed by atoms with Gasteiger partial charge in [0.05, 0.1) is 16.3 Å². The van der Waals surface area contributed by atoms with Gasteiger partial charge in [-0.25, -0.2) is 8.42 Å². The minimum absolute atomic E-state index is 0. The molecule has 0 saturated heterocycles. The van der Waals surface area contributed by atoms with Crippen LogP contribution >= 0.6 is 11.6 Å². The van der Waals surface area contributed by atoms with Gasteiger partial charge in [0.2, 0.25) is 0 Å². The summed E-state index contributed by atoms with van der Waals surface area (Å²) in [6, 6.07) is 14.3. The Bertz CT molecular complexity index is 1070. The molecule has 2 N–H and O–H groups in total. The van der Waals surface area contributed by atoms with Crippen molar-refractivity contribution in [3.63, 3.8) is 0 Å². The van der Waals surface area contributed by atoms with Gasteiger partial charge in [-0.05, 0) is 24.3 Å². The van der Waals surface area contributed by atoms with Crippen molar-refractivity contribution in [1.29, 1.82) is 0 Å². The Morgan fingerprint density at radius 2 is 1.64 bits per heavy atom. The second-order valence-corrected chi connectivity index (χ2v) is 6.77. The van der Waals surface area contributed by atoms with E-state index in [1.54, 1.807) is 42.5 Å². The number of fused-ring (bicyclic) bond motifs is 1. The van der Waals surface area contributed by atoms with E-state index in [4.69, 9.17) is 17.3 Å². The molecule has 25 heavy (non-hydrogen) atoms. The summed E-state index contributed by atoms with van der Waals surface area (Å²) >= 11 is 5.87. The zero-order valence-corrected chi connectivity index (χ0v) is 16.8. The Morgan fingerprint density at radius 1 is 0.960 bits per heavy atom. The van der Waals surface area contributed by atoms with Crippen LogP contribution in [0.4, 0.5) is 17.1 Å². The number of nitrogen functional groups attached to an aromatic ring is 1. The van der Waals surface area contributed by atoms with Crippen molar-refractivity contribution in [2.75, 3.05) is 5.73 Å². The largest absolute Gasteiger partial charge is 1.00 e.